The van der Waals surface area contributed by atoms with Crippen LogP contribution in [0.25, 0.3) is 0 Å². The SMILES string of the molecule is O=C1CCC2(ON=C(c3ccccc3)C2Br)O1. The number of benzene rings is 1. The third-order valence-corrected chi connectivity index (χ3v) is 4.09. The van der Waals surface area contributed by atoms with Crippen molar-refractivity contribution in [2.45, 2.75) is 23.5 Å². The van der Waals surface area contributed by atoms with Crippen LogP contribution in [-0.4, -0.2) is 22.3 Å². The summed E-state index contributed by atoms with van der Waals surface area (Å²) < 4.78 is 5.25. The molecule has 1 fully saturated rings. The second kappa shape index (κ2) is 3.84. The van der Waals surface area contributed by atoms with Crippen molar-refractivity contribution in [3.8, 4) is 0 Å². The molecule has 88 valence electrons. The second-order valence-corrected chi connectivity index (χ2v) is 5.00. The van der Waals surface area contributed by atoms with Crippen LogP contribution in [-0.2, 0) is 14.4 Å². The van der Waals surface area contributed by atoms with E-state index in [0.29, 0.717) is 12.8 Å². The first-order valence-electron chi connectivity index (χ1n) is 5.39. The number of carbonyl (C=O) groups excluding carboxylic acids is 1. The van der Waals surface area contributed by atoms with Crippen LogP contribution >= 0.6 is 15.9 Å². The number of hydrogen-bond donors (Lipinski definition) is 0. The fourth-order valence-electron chi connectivity index (χ4n) is 2.05. The van der Waals surface area contributed by atoms with E-state index in [9.17, 15) is 4.79 Å². The largest absolute Gasteiger partial charge is 0.419 e. The number of halogens is 1. The van der Waals surface area contributed by atoms with Gasteiger partial charge in [0.2, 0.25) is 0 Å². The molecule has 1 saturated heterocycles. The van der Waals surface area contributed by atoms with Gasteiger partial charge in [0.1, 0.15) is 10.5 Å². The molecule has 1 aromatic rings. The molecular weight excluding hydrogens is 286 g/mol. The Kier molecular flexibility index (Phi) is 2.43. The number of alkyl halides is 1. The Morgan fingerprint density at radius 1 is 1.35 bits per heavy atom. The van der Waals surface area contributed by atoms with E-state index in [4.69, 9.17) is 9.57 Å². The predicted octanol–water partition coefficient (Wildman–Crippen LogP) is 2.22. The smallest absolute Gasteiger partial charge is 0.309 e. The van der Waals surface area contributed by atoms with Crippen molar-refractivity contribution in [2.75, 3.05) is 0 Å². The van der Waals surface area contributed by atoms with Gasteiger partial charge in [0.15, 0.2) is 0 Å². The first kappa shape index (κ1) is 10.8. The molecule has 1 aromatic carbocycles. The van der Waals surface area contributed by atoms with E-state index < -0.39 is 5.79 Å². The summed E-state index contributed by atoms with van der Waals surface area (Å²) in [5, 5.41) is 4.05. The average Bonchev–Trinajstić information content (AvgIpc) is 2.87. The minimum Gasteiger partial charge on any atom is -0.419 e. The molecule has 2 atom stereocenters. The molecule has 1 spiro atoms. The van der Waals surface area contributed by atoms with Crippen molar-refractivity contribution in [3.05, 3.63) is 35.9 Å². The van der Waals surface area contributed by atoms with E-state index in [0.717, 1.165) is 11.3 Å². The van der Waals surface area contributed by atoms with E-state index in [1.165, 1.54) is 0 Å². The average molecular weight is 296 g/mol. The molecule has 0 radical (unpaired) electrons. The summed E-state index contributed by atoms with van der Waals surface area (Å²) in [4.78, 5) is 16.3. The summed E-state index contributed by atoms with van der Waals surface area (Å²) >= 11 is 3.52. The molecule has 0 bridgehead atoms. The second-order valence-electron chi connectivity index (χ2n) is 4.08. The van der Waals surface area contributed by atoms with Crippen LogP contribution < -0.4 is 0 Å². The summed E-state index contributed by atoms with van der Waals surface area (Å²) in [5.74, 6) is -1.18. The minimum absolute atomic E-state index is 0.219. The molecule has 17 heavy (non-hydrogen) atoms. The molecule has 5 heteroatoms. The Labute approximate surface area is 107 Å². The van der Waals surface area contributed by atoms with Gasteiger partial charge in [-0.05, 0) is 0 Å². The number of rotatable bonds is 1. The molecule has 2 heterocycles. The molecule has 2 aliphatic rings. The lowest BCUT2D eigenvalue weighted by molar-refractivity contribution is -0.197. The van der Waals surface area contributed by atoms with Gasteiger partial charge in [0.05, 0.1) is 6.42 Å². The van der Waals surface area contributed by atoms with E-state index >= 15 is 0 Å². The maximum Gasteiger partial charge on any atom is 0.309 e. The van der Waals surface area contributed by atoms with Crippen LogP contribution in [0.2, 0.25) is 0 Å². The molecule has 2 unspecified atom stereocenters. The lowest BCUT2D eigenvalue weighted by Crippen LogP contribution is -2.39. The molecule has 2 aliphatic heterocycles. The highest BCUT2D eigenvalue weighted by Crippen LogP contribution is 2.41. The van der Waals surface area contributed by atoms with Gasteiger partial charge in [-0.3, -0.25) is 4.79 Å². The highest BCUT2D eigenvalue weighted by Gasteiger charge is 2.55. The molecular formula is C12H10BrNO3. The summed E-state index contributed by atoms with van der Waals surface area (Å²) in [7, 11) is 0. The molecule has 3 rings (SSSR count). The Balaban J connectivity index is 1.89. The van der Waals surface area contributed by atoms with E-state index in [1.54, 1.807) is 0 Å². The number of oxime groups is 1. The van der Waals surface area contributed by atoms with Crippen LogP contribution in [0.3, 0.4) is 0 Å². The van der Waals surface area contributed by atoms with E-state index in [2.05, 4.69) is 21.1 Å². The predicted molar refractivity (Wildman–Crippen MR) is 64.8 cm³/mol. The zero-order valence-electron chi connectivity index (χ0n) is 8.93. The topological polar surface area (TPSA) is 47.9 Å². The van der Waals surface area contributed by atoms with Gasteiger partial charge >= 0.3 is 5.97 Å². The van der Waals surface area contributed by atoms with Gasteiger partial charge in [-0.25, -0.2) is 0 Å². The Bertz CT molecular complexity index is 488. The van der Waals surface area contributed by atoms with Crippen LogP contribution in [0.1, 0.15) is 18.4 Å². The number of ether oxygens (including phenoxy) is 1. The third-order valence-electron chi connectivity index (χ3n) is 2.96. The summed E-state index contributed by atoms with van der Waals surface area (Å²) in [6.07, 6.45) is 0.904. The lowest BCUT2D eigenvalue weighted by atomic mass is 10.0. The van der Waals surface area contributed by atoms with E-state index in [-0.39, 0.29) is 10.8 Å². The van der Waals surface area contributed by atoms with Crippen LogP contribution in [0.15, 0.2) is 35.5 Å². The Morgan fingerprint density at radius 3 is 2.76 bits per heavy atom. The maximum absolute atomic E-state index is 11.2. The van der Waals surface area contributed by atoms with Crippen LogP contribution in [0, 0.1) is 0 Å². The van der Waals surface area contributed by atoms with Gasteiger partial charge in [0, 0.05) is 12.0 Å². The van der Waals surface area contributed by atoms with Crippen molar-refractivity contribution < 1.29 is 14.4 Å². The normalized spacial score (nSPS) is 31.2. The van der Waals surface area contributed by atoms with Crippen molar-refractivity contribution >= 4 is 27.6 Å². The van der Waals surface area contributed by atoms with Crippen LogP contribution in [0.5, 0.6) is 0 Å². The molecule has 0 aliphatic carbocycles. The third kappa shape index (κ3) is 1.65. The zero-order chi connectivity index (χ0) is 11.9. The molecule has 0 N–H and O–H groups in total. The molecule has 4 nitrogen and oxygen atoms in total. The summed E-state index contributed by atoms with van der Waals surface area (Å²) in [6.45, 7) is 0. The number of carbonyl (C=O) groups is 1. The van der Waals surface area contributed by atoms with Crippen molar-refractivity contribution in [1.29, 1.82) is 0 Å². The highest BCUT2D eigenvalue weighted by atomic mass is 79.9. The lowest BCUT2D eigenvalue weighted by Gasteiger charge is -2.22. The molecule has 0 saturated carbocycles. The first-order valence-corrected chi connectivity index (χ1v) is 6.30. The minimum atomic E-state index is -0.942. The van der Waals surface area contributed by atoms with Gasteiger partial charge in [-0.15, -0.1) is 0 Å². The monoisotopic (exact) mass is 295 g/mol. The van der Waals surface area contributed by atoms with Gasteiger partial charge in [0.25, 0.3) is 5.79 Å². The standard InChI is InChI=1S/C12H10BrNO3/c13-11-10(8-4-2-1-3-5-8)14-17-12(11)7-6-9(15)16-12/h1-5,11H,6-7H2. The Hall–Kier alpha value is -1.36. The first-order chi connectivity index (χ1) is 8.21. The van der Waals surface area contributed by atoms with Crippen molar-refractivity contribution in [2.24, 2.45) is 5.16 Å². The number of esters is 1. The van der Waals surface area contributed by atoms with Gasteiger partial charge in [-0.2, -0.15) is 0 Å². The Morgan fingerprint density at radius 2 is 2.12 bits per heavy atom. The van der Waals surface area contributed by atoms with E-state index in [1.807, 2.05) is 30.3 Å². The quantitative estimate of drug-likeness (QED) is 0.590. The number of hydrogen-bond acceptors (Lipinski definition) is 4. The van der Waals surface area contributed by atoms with Crippen molar-refractivity contribution in [1.82, 2.24) is 0 Å². The van der Waals surface area contributed by atoms with Crippen molar-refractivity contribution in [3.63, 3.8) is 0 Å². The van der Waals surface area contributed by atoms with Gasteiger partial charge < -0.3 is 9.57 Å². The fourth-order valence-corrected chi connectivity index (χ4v) is 2.80. The number of nitrogens with zero attached hydrogens (tertiary/aromatic N) is 1. The summed E-state index contributed by atoms with van der Waals surface area (Å²) in [6, 6.07) is 9.71. The van der Waals surface area contributed by atoms with Gasteiger partial charge in [-0.1, -0.05) is 51.4 Å². The highest BCUT2D eigenvalue weighted by molar-refractivity contribution is 9.10. The fraction of sp³-hybridized carbons (Fsp3) is 0.333. The maximum atomic E-state index is 11.2. The molecule has 0 amide bonds. The summed E-state index contributed by atoms with van der Waals surface area (Å²) in [5.41, 5.74) is 1.73. The molecule has 0 aromatic heterocycles. The van der Waals surface area contributed by atoms with Crippen LogP contribution in [0.4, 0.5) is 0 Å². The zero-order valence-corrected chi connectivity index (χ0v) is 10.5.